The summed E-state index contributed by atoms with van der Waals surface area (Å²) < 4.78 is 19.4. The van der Waals surface area contributed by atoms with Crippen molar-refractivity contribution >= 4 is 46.3 Å². The number of hydrogen-bond donors (Lipinski definition) is 2. The second-order valence-electron chi connectivity index (χ2n) is 6.36. The zero-order chi connectivity index (χ0) is 21.5. The summed E-state index contributed by atoms with van der Waals surface area (Å²) in [6.45, 7) is 1.66. The molecule has 0 aliphatic heterocycles. The summed E-state index contributed by atoms with van der Waals surface area (Å²) in [5, 5.41) is 7.24. The van der Waals surface area contributed by atoms with Gasteiger partial charge >= 0.3 is 0 Å². The van der Waals surface area contributed by atoms with Crippen LogP contribution in [0.1, 0.15) is 11.3 Å². The Morgan fingerprint density at radius 1 is 1.13 bits per heavy atom. The van der Waals surface area contributed by atoms with Crippen LogP contribution in [-0.2, 0) is 16.0 Å². The standard InChI is InChI=1S/C21H20FN3O3S2/c1-13-6-7-15(9-18(13)22)23-19(26)10-16-11-29-21(25-16)30-12-20(27)24-14-4-3-5-17(8-14)28-2/h3-9,11H,10,12H2,1-2H3,(H,23,26)(H,24,27). The average Bonchev–Trinajstić information content (AvgIpc) is 3.16. The summed E-state index contributed by atoms with van der Waals surface area (Å²) in [7, 11) is 1.57. The number of thioether (sulfide) groups is 1. The monoisotopic (exact) mass is 445 g/mol. The van der Waals surface area contributed by atoms with Gasteiger partial charge in [0.25, 0.3) is 0 Å². The van der Waals surface area contributed by atoms with Crippen molar-refractivity contribution in [3.63, 3.8) is 0 Å². The Morgan fingerprint density at radius 3 is 2.67 bits per heavy atom. The van der Waals surface area contributed by atoms with Crippen molar-refractivity contribution in [1.82, 2.24) is 4.98 Å². The molecule has 30 heavy (non-hydrogen) atoms. The van der Waals surface area contributed by atoms with Crippen molar-refractivity contribution in [1.29, 1.82) is 0 Å². The highest BCUT2D eigenvalue weighted by Crippen LogP contribution is 2.24. The number of amides is 2. The van der Waals surface area contributed by atoms with E-state index in [0.717, 1.165) is 0 Å². The SMILES string of the molecule is COc1cccc(NC(=O)CSc2nc(CC(=O)Nc3ccc(C)c(F)c3)cs2)c1. The number of hydrogen-bond acceptors (Lipinski definition) is 6. The number of anilines is 2. The summed E-state index contributed by atoms with van der Waals surface area (Å²) >= 11 is 2.66. The van der Waals surface area contributed by atoms with E-state index in [9.17, 15) is 14.0 Å². The zero-order valence-electron chi connectivity index (χ0n) is 16.4. The number of methoxy groups -OCH3 is 1. The van der Waals surface area contributed by atoms with E-state index < -0.39 is 0 Å². The van der Waals surface area contributed by atoms with Gasteiger partial charge in [0, 0.05) is 22.8 Å². The lowest BCUT2D eigenvalue weighted by atomic mass is 10.2. The van der Waals surface area contributed by atoms with E-state index in [1.54, 1.807) is 55.8 Å². The van der Waals surface area contributed by atoms with Gasteiger partial charge in [0.05, 0.1) is 25.0 Å². The van der Waals surface area contributed by atoms with Gasteiger partial charge in [0.1, 0.15) is 11.6 Å². The van der Waals surface area contributed by atoms with Crippen LogP contribution >= 0.6 is 23.1 Å². The van der Waals surface area contributed by atoms with Crippen LogP contribution in [0.2, 0.25) is 0 Å². The van der Waals surface area contributed by atoms with Gasteiger partial charge < -0.3 is 15.4 Å². The smallest absolute Gasteiger partial charge is 0.234 e. The summed E-state index contributed by atoms with van der Waals surface area (Å²) in [5.41, 5.74) is 2.18. The van der Waals surface area contributed by atoms with Crippen LogP contribution in [0.4, 0.5) is 15.8 Å². The lowest BCUT2D eigenvalue weighted by Crippen LogP contribution is -2.15. The number of halogens is 1. The third-order valence-electron chi connectivity index (χ3n) is 4.01. The molecule has 1 aromatic heterocycles. The molecule has 0 unspecified atom stereocenters. The normalized spacial score (nSPS) is 10.5. The number of carbonyl (C=O) groups is 2. The molecule has 0 atom stereocenters. The van der Waals surface area contributed by atoms with E-state index in [4.69, 9.17) is 4.74 Å². The van der Waals surface area contributed by atoms with Crippen molar-refractivity contribution in [2.75, 3.05) is 23.5 Å². The maximum Gasteiger partial charge on any atom is 0.234 e. The van der Waals surface area contributed by atoms with Crippen LogP contribution in [0.5, 0.6) is 5.75 Å². The van der Waals surface area contributed by atoms with Crippen molar-refractivity contribution in [3.05, 3.63) is 64.9 Å². The molecule has 156 valence electrons. The van der Waals surface area contributed by atoms with E-state index >= 15 is 0 Å². The second-order valence-corrected chi connectivity index (χ2v) is 8.44. The van der Waals surface area contributed by atoms with Crippen molar-refractivity contribution in [3.8, 4) is 5.75 Å². The second kappa shape index (κ2) is 10.2. The Labute approximate surface area is 181 Å². The average molecular weight is 446 g/mol. The molecule has 2 N–H and O–H groups in total. The minimum atomic E-state index is -0.368. The number of carbonyl (C=O) groups excluding carboxylic acids is 2. The Hall–Kier alpha value is -2.91. The molecule has 0 saturated carbocycles. The predicted molar refractivity (Wildman–Crippen MR) is 118 cm³/mol. The molecule has 0 aliphatic rings. The molecule has 0 fully saturated rings. The lowest BCUT2D eigenvalue weighted by molar-refractivity contribution is -0.116. The highest BCUT2D eigenvalue weighted by molar-refractivity contribution is 8.01. The van der Waals surface area contributed by atoms with E-state index in [1.165, 1.54) is 29.2 Å². The van der Waals surface area contributed by atoms with E-state index in [1.807, 2.05) is 0 Å². The van der Waals surface area contributed by atoms with Gasteiger partial charge in [-0.25, -0.2) is 9.37 Å². The first-order valence-corrected chi connectivity index (χ1v) is 10.9. The predicted octanol–water partition coefficient (Wildman–Crippen LogP) is 4.51. The maximum atomic E-state index is 13.6. The molecule has 0 spiro atoms. The van der Waals surface area contributed by atoms with Gasteiger partial charge in [-0.15, -0.1) is 11.3 Å². The number of ether oxygens (including phenoxy) is 1. The Kier molecular flexibility index (Phi) is 7.42. The lowest BCUT2D eigenvalue weighted by Gasteiger charge is -2.06. The van der Waals surface area contributed by atoms with Gasteiger partial charge in [0.15, 0.2) is 4.34 Å². The van der Waals surface area contributed by atoms with Crippen LogP contribution in [0.25, 0.3) is 0 Å². The highest BCUT2D eigenvalue weighted by atomic mass is 32.2. The number of nitrogens with zero attached hydrogens (tertiary/aromatic N) is 1. The number of aryl methyl sites for hydroxylation is 1. The van der Waals surface area contributed by atoms with Gasteiger partial charge in [-0.3, -0.25) is 9.59 Å². The quantitative estimate of drug-likeness (QED) is 0.499. The molecule has 2 aromatic carbocycles. The van der Waals surface area contributed by atoms with Crippen molar-refractivity contribution in [2.24, 2.45) is 0 Å². The molecule has 3 aromatic rings. The van der Waals surface area contributed by atoms with Crippen molar-refractivity contribution < 1.29 is 18.7 Å². The number of rotatable bonds is 8. The molecule has 0 saturated heterocycles. The zero-order valence-corrected chi connectivity index (χ0v) is 18.0. The molecule has 2 amide bonds. The van der Waals surface area contributed by atoms with E-state index in [-0.39, 0.29) is 29.8 Å². The Bertz CT molecular complexity index is 1060. The van der Waals surface area contributed by atoms with Crippen LogP contribution in [0, 0.1) is 12.7 Å². The van der Waals surface area contributed by atoms with E-state index in [2.05, 4.69) is 15.6 Å². The highest BCUT2D eigenvalue weighted by Gasteiger charge is 2.11. The summed E-state index contributed by atoms with van der Waals surface area (Å²) in [6.07, 6.45) is 0.0720. The molecule has 0 bridgehead atoms. The molecule has 3 rings (SSSR count). The molecule has 6 nitrogen and oxygen atoms in total. The topological polar surface area (TPSA) is 80.3 Å². The van der Waals surface area contributed by atoms with E-state index in [0.29, 0.717) is 32.7 Å². The van der Waals surface area contributed by atoms with Gasteiger partial charge in [-0.1, -0.05) is 23.9 Å². The largest absolute Gasteiger partial charge is 0.497 e. The number of benzene rings is 2. The van der Waals surface area contributed by atoms with Crippen LogP contribution in [0.3, 0.4) is 0 Å². The minimum Gasteiger partial charge on any atom is -0.497 e. The molecular formula is C21H20FN3O3S2. The summed E-state index contributed by atoms with van der Waals surface area (Å²) in [5.74, 6) is 0.0444. The first-order chi connectivity index (χ1) is 14.4. The third-order valence-corrected chi connectivity index (χ3v) is 6.08. The van der Waals surface area contributed by atoms with Gasteiger partial charge in [-0.2, -0.15) is 0 Å². The van der Waals surface area contributed by atoms with Crippen LogP contribution in [0.15, 0.2) is 52.2 Å². The Morgan fingerprint density at radius 2 is 1.90 bits per heavy atom. The van der Waals surface area contributed by atoms with Crippen molar-refractivity contribution in [2.45, 2.75) is 17.7 Å². The van der Waals surface area contributed by atoms with Gasteiger partial charge in [-0.05, 0) is 36.8 Å². The third kappa shape index (κ3) is 6.30. The fourth-order valence-corrected chi connectivity index (χ4v) is 4.15. The van der Waals surface area contributed by atoms with Crippen LogP contribution in [-0.4, -0.2) is 29.7 Å². The maximum absolute atomic E-state index is 13.6. The number of nitrogens with one attached hydrogen (secondary N) is 2. The molecule has 0 radical (unpaired) electrons. The molecular weight excluding hydrogens is 425 g/mol. The molecule has 9 heteroatoms. The Balaban J connectivity index is 1.47. The molecule has 1 heterocycles. The minimum absolute atomic E-state index is 0.0720. The summed E-state index contributed by atoms with van der Waals surface area (Å²) in [6, 6.07) is 11.7. The number of aromatic nitrogens is 1. The number of thiazole rings is 1. The van der Waals surface area contributed by atoms with Gasteiger partial charge in [0.2, 0.25) is 11.8 Å². The molecule has 0 aliphatic carbocycles. The fraction of sp³-hybridized carbons (Fsp3) is 0.190. The van der Waals surface area contributed by atoms with Crippen LogP contribution < -0.4 is 15.4 Å². The summed E-state index contributed by atoms with van der Waals surface area (Å²) in [4.78, 5) is 28.7. The first-order valence-electron chi connectivity index (χ1n) is 9.00. The fourth-order valence-electron chi connectivity index (χ4n) is 2.50. The first kappa shape index (κ1) is 21.8.